The number of likely N-dealkylation sites (tertiary alicyclic amines) is 1. The van der Waals surface area contributed by atoms with Gasteiger partial charge in [-0.1, -0.05) is 48.5 Å². The van der Waals surface area contributed by atoms with E-state index in [4.69, 9.17) is 22.9 Å². The number of anilines is 1. The fraction of sp³-hybridized carbons (Fsp3) is 0.333. The Bertz CT molecular complexity index is 1860. The highest BCUT2D eigenvalue weighted by Gasteiger charge is 2.36. The number of fused-ring (bicyclic) bond motifs is 2. The van der Waals surface area contributed by atoms with Gasteiger partial charge in [0.2, 0.25) is 6.54 Å². The highest BCUT2D eigenvalue weighted by atomic mass is 35.5. The highest BCUT2D eigenvalue weighted by Crippen LogP contribution is 2.40. The van der Waals surface area contributed by atoms with Crippen LogP contribution in [0.15, 0.2) is 54.9 Å². The van der Waals surface area contributed by atoms with Crippen molar-refractivity contribution in [3.63, 3.8) is 0 Å². The maximum atomic E-state index is 16.7. The SMILES string of the molecule is [C-]#[N+]C[C@H]1CN(c2nc(OC[C@@H]3CCCN3C)nc3c(F)c(-c4cccc5cccc(Cl)c45)c(F)cc23)CCN1C(=O)C(=C)F. The van der Waals surface area contributed by atoms with Gasteiger partial charge in [0, 0.05) is 41.5 Å². The molecular weight excluding hydrogens is 605 g/mol. The Morgan fingerprint density at radius 2 is 1.93 bits per heavy atom. The monoisotopic (exact) mass is 634 g/mol. The van der Waals surface area contributed by atoms with Gasteiger partial charge in [0.05, 0.1) is 5.56 Å². The first-order valence-corrected chi connectivity index (χ1v) is 15.0. The van der Waals surface area contributed by atoms with Gasteiger partial charge in [-0.25, -0.2) is 19.7 Å². The Morgan fingerprint density at radius 3 is 2.64 bits per heavy atom. The smallest absolute Gasteiger partial charge is 0.319 e. The topological polar surface area (TPSA) is 66.2 Å². The van der Waals surface area contributed by atoms with Crippen LogP contribution in [0.3, 0.4) is 0 Å². The van der Waals surface area contributed by atoms with E-state index in [-0.39, 0.29) is 72.7 Å². The van der Waals surface area contributed by atoms with Gasteiger partial charge in [-0.15, -0.1) is 0 Å². The number of aromatic nitrogens is 2. The molecule has 1 aromatic heterocycles. The van der Waals surface area contributed by atoms with E-state index in [1.54, 1.807) is 29.2 Å². The van der Waals surface area contributed by atoms with Crippen LogP contribution in [0.4, 0.5) is 19.0 Å². The number of carbonyl (C=O) groups excluding carboxylic acids is 1. The fourth-order valence-electron chi connectivity index (χ4n) is 6.31. The summed E-state index contributed by atoms with van der Waals surface area (Å²) in [6, 6.07) is 10.9. The minimum absolute atomic E-state index is 0.0497. The summed E-state index contributed by atoms with van der Waals surface area (Å²) in [6.07, 6.45) is 1.95. The lowest BCUT2D eigenvalue weighted by Gasteiger charge is -2.39. The third-order valence-corrected chi connectivity index (χ3v) is 8.93. The van der Waals surface area contributed by atoms with Crippen LogP contribution in [0.1, 0.15) is 12.8 Å². The molecule has 0 unspecified atom stereocenters. The molecule has 2 atom stereocenters. The molecule has 0 radical (unpaired) electrons. The summed E-state index contributed by atoms with van der Waals surface area (Å²) in [6.45, 7) is 11.9. The minimum Gasteiger partial charge on any atom is -0.462 e. The molecule has 6 rings (SSSR count). The maximum absolute atomic E-state index is 16.7. The molecule has 0 saturated carbocycles. The zero-order chi connectivity index (χ0) is 31.8. The molecule has 232 valence electrons. The van der Waals surface area contributed by atoms with Crippen molar-refractivity contribution in [1.29, 1.82) is 0 Å². The van der Waals surface area contributed by atoms with E-state index >= 15 is 8.78 Å². The molecular formula is C33H30ClF3N6O2. The molecule has 0 bridgehead atoms. The number of likely N-dealkylation sites (N-methyl/N-ethyl adjacent to an activating group) is 1. The van der Waals surface area contributed by atoms with Crippen molar-refractivity contribution in [1.82, 2.24) is 19.8 Å². The molecule has 2 saturated heterocycles. The van der Waals surface area contributed by atoms with Crippen LogP contribution in [-0.2, 0) is 4.79 Å². The number of ether oxygens (including phenoxy) is 1. The number of piperazine rings is 1. The first kappa shape index (κ1) is 30.6. The standard InChI is InChI=1S/C33H30ClF3N6O2/c1-19(35)32(44)43-14-13-42(17-22(43)16-38-2)31-24-15-26(36)28(23-10-4-7-20-8-5-11-25(34)27(20)23)29(37)30(24)39-33(40-31)45-18-21-9-6-12-41(21)3/h4-5,7-8,10-11,15,21-22H,1,6,9,12-14,16-18H2,3H3/t21-,22-/m0/s1. The molecule has 8 nitrogen and oxygen atoms in total. The van der Waals surface area contributed by atoms with Gasteiger partial charge in [-0.3, -0.25) is 4.79 Å². The molecule has 4 aromatic rings. The Labute approximate surface area is 263 Å². The summed E-state index contributed by atoms with van der Waals surface area (Å²) in [4.78, 5) is 30.1. The van der Waals surface area contributed by atoms with Crippen LogP contribution in [0, 0.1) is 18.2 Å². The zero-order valence-electron chi connectivity index (χ0n) is 24.6. The minimum atomic E-state index is -1.12. The molecule has 2 fully saturated rings. The van der Waals surface area contributed by atoms with Crippen molar-refractivity contribution >= 4 is 45.0 Å². The van der Waals surface area contributed by atoms with E-state index in [2.05, 4.69) is 26.3 Å². The average molecular weight is 635 g/mol. The zero-order valence-corrected chi connectivity index (χ0v) is 25.3. The molecule has 1 amide bonds. The molecule has 3 heterocycles. The van der Waals surface area contributed by atoms with Gasteiger partial charge in [0.25, 0.3) is 5.91 Å². The van der Waals surface area contributed by atoms with Crippen LogP contribution < -0.4 is 9.64 Å². The van der Waals surface area contributed by atoms with E-state index in [1.807, 2.05) is 19.2 Å². The Hall–Kier alpha value is -4.40. The van der Waals surface area contributed by atoms with Crippen molar-refractivity contribution in [3.05, 3.63) is 82.9 Å². The highest BCUT2D eigenvalue weighted by molar-refractivity contribution is 6.36. The molecule has 0 spiro atoms. The van der Waals surface area contributed by atoms with Gasteiger partial charge in [0.1, 0.15) is 29.8 Å². The molecule has 12 heteroatoms. The Morgan fingerprint density at radius 1 is 1.16 bits per heavy atom. The first-order valence-electron chi connectivity index (χ1n) is 14.6. The van der Waals surface area contributed by atoms with E-state index in [1.165, 1.54) is 11.0 Å². The van der Waals surface area contributed by atoms with Gasteiger partial charge < -0.3 is 24.3 Å². The second-order valence-electron chi connectivity index (χ2n) is 11.3. The molecule has 2 aliphatic heterocycles. The first-order chi connectivity index (χ1) is 21.7. The second-order valence-corrected chi connectivity index (χ2v) is 11.8. The van der Waals surface area contributed by atoms with Crippen LogP contribution in [-0.4, -0.2) is 84.1 Å². The number of nitrogens with zero attached hydrogens (tertiary/aromatic N) is 6. The number of benzene rings is 3. The Kier molecular flexibility index (Phi) is 8.53. The lowest BCUT2D eigenvalue weighted by molar-refractivity contribution is -0.131. The average Bonchev–Trinajstić information content (AvgIpc) is 3.44. The number of halogens is 4. The van der Waals surface area contributed by atoms with Crippen molar-refractivity contribution in [3.8, 4) is 17.1 Å². The summed E-state index contributed by atoms with van der Waals surface area (Å²) in [5.74, 6) is -3.56. The summed E-state index contributed by atoms with van der Waals surface area (Å²) < 4.78 is 52.6. The lowest BCUT2D eigenvalue weighted by Crippen LogP contribution is -2.56. The van der Waals surface area contributed by atoms with Crippen molar-refractivity contribution in [2.24, 2.45) is 0 Å². The second kappa shape index (κ2) is 12.5. The number of hydrogen-bond donors (Lipinski definition) is 0. The van der Waals surface area contributed by atoms with Crippen molar-refractivity contribution in [2.75, 3.05) is 51.3 Å². The summed E-state index contributed by atoms with van der Waals surface area (Å²) in [5, 5.41) is 1.68. The molecule has 2 aliphatic rings. The number of carbonyl (C=O) groups is 1. The van der Waals surface area contributed by atoms with Crippen LogP contribution in [0.5, 0.6) is 6.01 Å². The maximum Gasteiger partial charge on any atom is 0.319 e. The van der Waals surface area contributed by atoms with Crippen LogP contribution in [0.25, 0.3) is 37.6 Å². The van der Waals surface area contributed by atoms with E-state index in [9.17, 15) is 9.18 Å². The van der Waals surface area contributed by atoms with Gasteiger partial charge in [-0.05, 0) is 49.5 Å². The fourth-order valence-corrected chi connectivity index (χ4v) is 6.59. The van der Waals surface area contributed by atoms with E-state index in [0.29, 0.717) is 10.4 Å². The van der Waals surface area contributed by atoms with Gasteiger partial charge in [-0.2, -0.15) is 9.97 Å². The number of rotatable bonds is 7. The van der Waals surface area contributed by atoms with Crippen LogP contribution >= 0.6 is 11.6 Å². The molecule has 3 aromatic carbocycles. The Balaban J connectivity index is 1.49. The molecule has 45 heavy (non-hydrogen) atoms. The third-order valence-electron chi connectivity index (χ3n) is 8.62. The summed E-state index contributed by atoms with van der Waals surface area (Å²) in [7, 11) is 2.00. The summed E-state index contributed by atoms with van der Waals surface area (Å²) in [5.41, 5.74) is -0.149. The van der Waals surface area contributed by atoms with Crippen molar-refractivity contribution < 1.29 is 22.7 Å². The normalized spacial score (nSPS) is 18.8. The predicted molar refractivity (Wildman–Crippen MR) is 168 cm³/mol. The van der Waals surface area contributed by atoms with E-state index < -0.39 is 29.4 Å². The molecule has 0 N–H and O–H groups in total. The number of amides is 1. The third kappa shape index (κ3) is 5.76. The predicted octanol–water partition coefficient (Wildman–Crippen LogP) is 6.27. The number of hydrogen-bond acceptors (Lipinski definition) is 6. The van der Waals surface area contributed by atoms with Crippen LogP contribution in [0.2, 0.25) is 5.02 Å². The summed E-state index contributed by atoms with van der Waals surface area (Å²) >= 11 is 6.52. The van der Waals surface area contributed by atoms with E-state index in [0.717, 1.165) is 24.8 Å². The van der Waals surface area contributed by atoms with Gasteiger partial charge >= 0.3 is 6.01 Å². The molecule has 0 aliphatic carbocycles. The largest absolute Gasteiger partial charge is 0.462 e. The van der Waals surface area contributed by atoms with Gasteiger partial charge in [0.15, 0.2) is 11.6 Å². The lowest BCUT2D eigenvalue weighted by atomic mass is 9.96. The van der Waals surface area contributed by atoms with Crippen molar-refractivity contribution in [2.45, 2.75) is 24.9 Å². The quantitative estimate of drug-likeness (QED) is 0.176.